The van der Waals surface area contributed by atoms with Gasteiger partial charge in [-0.1, -0.05) is 13.0 Å². The molecule has 1 aliphatic heterocycles. The van der Waals surface area contributed by atoms with E-state index in [0.29, 0.717) is 0 Å². The summed E-state index contributed by atoms with van der Waals surface area (Å²) in [5, 5.41) is 3.11. The van der Waals surface area contributed by atoms with Crippen molar-refractivity contribution in [3.63, 3.8) is 0 Å². The van der Waals surface area contributed by atoms with Crippen LogP contribution in [0.25, 0.3) is 0 Å². The van der Waals surface area contributed by atoms with E-state index in [-0.39, 0.29) is 0 Å². The van der Waals surface area contributed by atoms with Gasteiger partial charge in [0.1, 0.15) is 0 Å². The highest BCUT2D eigenvalue weighted by Crippen LogP contribution is 2.11. The van der Waals surface area contributed by atoms with Gasteiger partial charge in [0.2, 0.25) is 0 Å². The van der Waals surface area contributed by atoms with Crippen molar-refractivity contribution in [2.45, 2.75) is 20.3 Å². The third kappa shape index (κ3) is 1.60. The van der Waals surface area contributed by atoms with Crippen LogP contribution in [-0.4, -0.2) is 0 Å². The third-order valence-electron chi connectivity index (χ3n) is 1.42. The van der Waals surface area contributed by atoms with Crippen molar-refractivity contribution in [2.24, 2.45) is 0 Å². The van der Waals surface area contributed by atoms with Gasteiger partial charge in [0, 0.05) is 0 Å². The number of rotatable bonds is 1. The second-order valence-electron chi connectivity index (χ2n) is 2.23. The third-order valence-corrected chi connectivity index (χ3v) is 1.42. The summed E-state index contributed by atoms with van der Waals surface area (Å²) >= 11 is 0. The maximum atomic E-state index is 3.11. The molecule has 49 valence electrons. The number of hydrogen-bond acceptors (Lipinski definition) is 1. The topological polar surface area (TPSA) is 12.0 Å². The molecule has 0 aromatic carbocycles. The molecule has 0 spiro atoms. The summed E-state index contributed by atoms with van der Waals surface area (Å²) in [6.07, 6.45) is 7.37. The van der Waals surface area contributed by atoms with Gasteiger partial charge in [-0.2, -0.15) is 0 Å². The molecule has 0 aromatic rings. The lowest BCUT2D eigenvalue weighted by molar-refractivity contribution is 0.903. The molecule has 1 heterocycles. The van der Waals surface area contributed by atoms with Crippen LogP contribution >= 0.6 is 0 Å². The van der Waals surface area contributed by atoms with Crippen LogP contribution in [0.5, 0.6) is 0 Å². The molecule has 0 atom stereocenters. The molecule has 1 radical (unpaired) electrons. The predicted molar refractivity (Wildman–Crippen MR) is 39.6 cm³/mol. The number of nitrogens with one attached hydrogen (secondary N) is 1. The Bertz CT molecular complexity index is 145. The van der Waals surface area contributed by atoms with Crippen LogP contribution in [0.4, 0.5) is 0 Å². The van der Waals surface area contributed by atoms with E-state index in [4.69, 9.17) is 0 Å². The Morgan fingerprint density at radius 2 is 2.33 bits per heavy atom. The summed E-state index contributed by atoms with van der Waals surface area (Å²) in [5.74, 6) is 0. The molecule has 1 rings (SSSR count). The van der Waals surface area contributed by atoms with Gasteiger partial charge in [-0.15, -0.1) is 0 Å². The van der Waals surface area contributed by atoms with Crippen molar-refractivity contribution in [2.75, 3.05) is 0 Å². The van der Waals surface area contributed by atoms with Gasteiger partial charge in [0.15, 0.2) is 0 Å². The number of dihydropyridines is 1. The van der Waals surface area contributed by atoms with Gasteiger partial charge in [0.25, 0.3) is 0 Å². The Balaban J connectivity index is 2.59. The van der Waals surface area contributed by atoms with Gasteiger partial charge < -0.3 is 5.32 Å². The van der Waals surface area contributed by atoms with Crippen LogP contribution in [-0.2, 0) is 0 Å². The Hall–Kier alpha value is -0.720. The molecule has 1 nitrogen and oxygen atoms in total. The van der Waals surface area contributed by atoms with E-state index < -0.39 is 0 Å². The Morgan fingerprint density at radius 1 is 1.56 bits per heavy atom. The van der Waals surface area contributed by atoms with Crippen LogP contribution in [0, 0.1) is 6.04 Å². The summed E-state index contributed by atoms with van der Waals surface area (Å²) in [4.78, 5) is 0. The lowest BCUT2D eigenvalue weighted by atomic mass is 10.1. The minimum atomic E-state index is 1.12. The quantitative estimate of drug-likeness (QED) is 0.561. The lowest BCUT2D eigenvalue weighted by Crippen LogP contribution is -2.12. The fourth-order valence-electron chi connectivity index (χ4n) is 0.868. The fourth-order valence-corrected chi connectivity index (χ4v) is 0.868. The van der Waals surface area contributed by atoms with Crippen molar-refractivity contribution in [3.05, 3.63) is 30.0 Å². The molecule has 0 unspecified atom stereocenters. The van der Waals surface area contributed by atoms with Crippen LogP contribution in [0.15, 0.2) is 23.9 Å². The van der Waals surface area contributed by atoms with E-state index in [1.54, 1.807) is 0 Å². The van der Waals surface area contributed by atoms with E-state index in [9.17, 15) is 0 Å². The summed E-state index contributed by atoms with van der Waals surface area (Å²) in [5.41, 5.74) is 1.39. The van der Waals surface area contributed by atoms with Gasteiger partial charge in [-0.25, -0.2) is 0 Å². The van der Waals surface area contributed by atoms with Crippen molar-refractivity contribution in [1.82, 2.24) is 5.32 Å². The lowest BCUT2D eigenvalue weighted by Gasteiger charge is -2.11. The highest BCUT2D eigenvalue weighted by Gasteiger charge is 2.00. The van der Waals surface area contributed by atoms with Gasteiger partial charge in [-0.3, -0.25) is 0 Å². The summed E-state index contributed by atoms with van der Waals surface area (Å²) < 4.78 is 0. The standard InChI is InChI=1S/C8H12N/c1-3-8-4-5-9-7(2)6-8/h4-6,9H,3H2,1-2H3. The molecular formula is C8H12N. The van der Waals surface area contributed by atoms with Gasteiger partial charge >= 0.3 is 0 Å². The van der Waals surface area contributed by atoms with E-state index in [1.165, 1.54) is 11.6 Å². The van der Waals surface area contributed by atoms with E-state index >= 15 is 0 Å². The zero-order chi connectivity index (χ0) is 6.69. The number of hydrogen-bond donors (Lipinski definition) is 1. The Labute approximate surface area is 56.5 Å². The van der Waals surface area contributed by atoms with Crippen LogP contribution in [0.1, 0.15) is 20.3 Å². The fraction of sp³-hybridized carbons (Fsp3) is 0.375. The minimum absolute atomic E-state index is 1.12. The molecule has 1 aliphatic rings. The van der Waals surface area contributed by atoms with E-state index in [1.807, 2.05) is 6.20 Å². The van der Waals surface area contributed by atoms with E-state index in [2.05, 4.69) is 31.3 Å². The zero-order valence-electron chi connectivity index (χ0n) is 5.94. The highest BCUT2D eigenvalue weighted by atomic mass is 14.9. The largest absolute Gasteiger partial charge is 0.380 e. The molecule has 0 saturated carbocycles. The maximum absolute atomic E-state index is 3.11. The maximum Gasteiger partial charge on any atom is 0.0792 e. The van der Waals surface area contributed by atoms with Crippen molar-refractivity contribution < 1.29 is 0 Å². The monoisotopic (exact) mass is 122 g/mol. The van der Waals surface area contributed by atoms with Crippen molar-refractivity contribution >= 4 is 0 Å². The Kier molecular flexibility index (Phi) is 1.93. The first-order valence-corrected chi connectivity index (χ1v) is 3.30. The zero-order valence-corrected chi connectivity index (χ0v) is 5.94. The van der Waals surface area contributed by atoms with Crippen molar-refractivity contribution in [3.8, 4) is 0 Å². The molecule has 1 heteroatoms. The molecule has 1 N–H and O–H groups in total. The van der Waals surface area contributed by atoms with Crippen molar-refractivity contribution in [1.29, 1.82) is 0 Å². The van der Waals surface area contributed by atoms with Crippen LogP contribution < -0.4 is 5.32 Å². The molecule has 0 fully saturated rings. The first kappa shape index (κ1) is 6.40. The molecular weight excluding hydrogens is 110 g/mol. The summed E-state index contributed by atoms with van der Waals surface area (Å²) in [6, 6.07) is 1.23. The minimum Gasteiger partial charge on any atom is -0.380 e. The molecule has 9 heavy (non-hydrogen) atoms. The average Bonchev–Trinajstić information content (AvgIpc) is 1.88. The number of allylic oxidation sites excluding steroid dienone is 2. The molecule has 0 bridgehead atoms. The second-order valence-corrected chi connectivity index (χ2v) is 2.23. The van der Waals surface area contributed by atoms with Gasteiger partial charge in [0.05, 0.1) is 6.04 Å². The van der Waals surface area contributed by atoms with Gasteiger partial charge in [-0.05, 0) is 31.2 Å². The predicted octanol–water partition coefficient (Wildman–Crippen LogP) is 1.99. The average molecular weight is 122 g/mol. The molecule has 0 amide bonds. The highest BCUT2D eigenvalue weighted by molar-refractivity contribution is 5.29. The second kappa shape index (κ2) is 2.72. The van der Waals surface area contributed by atoms with Crippen LogP contribution in [0.2, 0.25) is 0 Å². The summed E-state index contributed by atoms with van der Waals surface area (Å²) in [7, 11) is 0. The normalized spacial score (nSPS) is 19.1. The SMILES string of the molecule is CCC1=C[C](C)NC=C1. The molecule has 0 saturated heterocycles. The summed E-state index contributed by atoms with van der Waals surface area (Å²) in [6.45, 7) is 4.23. The smallest absolute Gasteiger partial charge is 0.0792 e. The van der Waals surface area contributed by atoms with Crippen LogP contribution in [0.3, 0.4) is 0 Å². The first-order chi connectivity index (χ1) is 4.33. The Morgan fingerprint density at radius 3 is 2.78 bits per heavy atom. The van der Waals surface area contributed by atoms with E-state index in [0.717, 1.165) is 6.42 Å². The first-order valence-electron chi connectivity index (χ1n) is 3.30. The molecule has 0 aliphatic carbocycles. The molecule has 0 aromatic heterocycles.